The Morgan fingerprint density at radius 3 is 2.74 bits per heavy atom. The normalized spacial score (nSPS) is 14.3. The van der Waals surface area contributed by atoms with E-state index >= 15 is 0 Å². The van der Waals surface area contributed by atoms with Gasteiger partial charge in [-0.15, -0.1) is 11.3 Å². The molecule has 0 spiro atoms. The summed E-state index contributed by atoms with van der Waals surface area (Å²) in [6.45, 7) is 3.07. The highest BCUT2D eigenvalue weighted by Gasteiger charge is 2.29. The van der Waals surface area contributed by atoms with Gasteiger partial charge in [0.05, 0.1) is 17.3 Å². The summed E-state index contributed by atoms with van der Waals surface area (Å²) in [6.07, 6.45) is 0.602. The molecule has 0 N–H and O–H groups in total. The average molecular weight is 287 g/mol. The third-order valence-electron chi connectivity index (χ3n) is 2.96. The smallest absolute Gasteiger partial charge is 0.350 e. The SMILES string of the molecule is CC(CCOC(=O)c1sc(C2CC2)nc1C)=C(F)F. The monoisotopic (exact) mass is 287 g/mol. The van der Waals surface area contributed by atoms with Gasteiger partial charge in [0.2, 0.25) is 0 Å². The van der Waals surface area contributed by atoms with Crippen molar-refractivity contribution in [2.75, 3.05) is 6.61 Å². The molecular weight excluding hydrogens is 272 g/mol. The minimum Gasteiger partial charge on any atom is -0.461 e. The zero-order valence-electron chi connectivity index (χ0n) is 10.8. The highest BCUT2D eigenvalue weighted by Crippen LogP contribution is 2.42. The number of carbonyl (C=O) groups is 1. The van der Waals surface area contributed by atoms with Crippen LogP contribution in [0.1, 0.15) is 52.5 Å². The van der Waals surface area contributed by atoms with Gasteiger partial charge >= 0.3 is 5.97 Å². The second-order valence-electron chi connectivity index (χ2n) is 4.67. The van der Waals surface area contributed by atoms with Crippen LogP contribution in [0.4, 0.5) is 8.78 Å². The van der Waals surface area contributed by atoms with Gasteiger partial charge in [-0.3, -0.25) is 0 Å². The number of carbonyl (C=O) groups excluding carboxylic acids is 1. The first-order valence-electron chi connectivity index (χ1n) is 6.14. The molecule has 0 atom stereocenters. The highest BCUT2D eigenvalue weighted by molar-refractivity contribution is 7.13. The average Bonchev–Trinajstić information content (AvgIpc) is 3.12. The largest absolute Gasteiger partial charge is 0.461 e. The molecule has 0 aromatic carbocycles. The van der Waals surface area contributed by atoms with Crippen molar-refractivity contribution in [2.24, 2.45) is 0 Å². The van der Waals surface area contributed by atoms with Crippen molar-refractivity contribution >= 4 is 17.3 Å². The standard InChI is InChI=1S/C13H15F2NO2S/c1-7(11(14)15)5-6-18-13(17)10-8(2)16-12(19-10)9-3-4-9/h9H,3-6H2,1-2H3. The molecule has 104 valence electrons. The summed E-state index contributed by atoms with van der Waals surface area (Å²) in [5.74, 6) is 0.0324. The van der Waals surface area contributed by atoms with Crippen LogP contribution in [-0.4, -0.2) is 17.6 Å². The van der Waals surface area contributed by atoms with Crippen LogP contribution in [0.3, 0.4) is 0 Å². The molecular formula is C13H15F2NO2S. The van der Waals surface area contributed by atoms with Crippen molar-refractivity contribution in [3.05, 3.63) is 27.2 Å². The fourth-order valence-corrected chi connectivity index (χ4v) is 2.70. The number of hydrogen-bond acceptors (Lipinski definition) is 4. The predicted molar refractivity (Wildman–Crippen MR) is 68.6 cm³/mol. The molecule has 0 saturated heterocycles. The summed E-state index contributed by atoms with van der Waals surface area (Å²) in [5.41, 5.74) is 0.619. The number of nitrogens with zero attached hydrogens (tertiary/aromatic N) is 1. The van der Waals surface area contributed by atoms with E-state index in [0.29, 0.717) is 16.5 Å². The molecule has 1 aromatic heterocycles. The molecule has 1 aliphatic rings. The highest BCUT2D eigenvalue weighted by atomic mass is 32.1. The van der Waals surface area contributed by atoms with Gasteiger partial charge in [0.25, 0.3) is 6.08 Å². The van der Waals surface area contributed by atoms with Gasteiger partial charge in [0, 0.05) is 12.3 Å². The van der Waals surface area contributed by atoms with Crippen LogP contribution in [0.25, 0.3) is 0 Å². The van der Waals surface area contributed by atoms with E-state index in [-0.39, 0.29) is 18.6 Å². The van der Waals surface area contributed by atoms with Gasteiger partial charge < -0.3 is 4.74 Å². The van der Waals surface area contributed by atoms with Gasteiger partial charge in [-0.1, -0.05) is 0 Å². The molecule has 19 heavy (non-hydrogen) atoms. The minimum atomic E-state index is -1.71. The number of hydrogen-bond donors (Lipinski definition) is 0. The Balaban J connectivity index is 1.91. The number of esters is 1. The molecule has 1 heterocycles. The molecule has 1 fully saturated rings. The van der Waals surface area contributed by atoms with E-state index in [0.717, 1.165) is 17.8 Å². The zero-order valence-corrected chi connectivity index (χ0v) is 11.7. The van der Waals surface area contributed by atoms with E-state index in [9.17, 15) is 13.6 Å². The maximum absolute atomic E-state index is 12.2. The first-order valence-corrected chi connectivity index (χ1v) is 6.96. The number of rotatable bonds is 5. The Morgan fingerprint density at radius 2 is 2.16 bits per heavy atom. The van der Waals surface area contributed by atoms with Gasteiger partial charge in [-0.2, -0.15) is 8.78 Å². The zero-order chi connectivity index (χ0) is 14.0. The lowest BCUT2D eigenvalue weighted by Gasteiger charge is -2.03. The van der Waals surface area contributed by atoms with Crippen molar-refractivity contribution < 1.29 is 18.3 Å². The van der Waals surface area contributed by atoms with Crippen LogP contribution in [0.2, 0.25) is 0 Å². The third-order valence-corrected chi connectivity index (χ3v) is 4.26. The molecule has 0 amide bonds. The number of ether oxygens (including phenoxy) is 1. The summed E-state index contributed by atoms with van der Waals surface area (Å²) in [4.78, 5) is 16.7. The second-order valence-corrected chi connectivity index (χ2v) is 5.70. The van der Waals surface area contributed by atoms with Gasteiger partial charge in [0.1, 0.15) is 4.88 Å². The van der Waals surface area contributed by atoms with Gasteiger partial charge in [-0.25, -0.2) is 9.78 Å². The maximum Gasteiger partial charge on any atom is 0.350 e. The Labute approximate surface area is 114 Å². The minimum absolute atomic E-state index is 0.0297. The number of aromatic nitrogens is 1. The van der Waals surface area contributed by atoms with Crippen LogP contribution < -0.4 is 0 Å². The Hall–Kier alpha value is -1.30. The number of halogens is 2. The molecule has 0 unspecified atom stereocenters. The van der Waals surface area contributed by atoms with Gasteiger partial charge in [-0.05, 0) is 32.3 Å². The van der Waals surface area contributed by atoms with Crippen LogP contribution in [0.15, 0.2) is 11.7 Å². The molecule has 6 heteroatoms. The van der Waals surface area contributed by atoms with E-state index in [1.807, 2.05) is 0 Å². The molecule has 3 nitrogen and oxygen atoms in total. The summed E-state index contributed by atoms with van der Waals surface area (Å²) in [7, 11) is 0. The maximum atomic E-state index is 12.2. The summed E-state index contributed by atoms with van der Waals surface area (Å²) in [6, 6.07) is 0. The van der Waals surface area contributed by atoms with Crippen molar-refractivity contribution in [2.45, 2.75) is 39.0 Å². The molecule has 1 saturated carbocycles. The summed E-state index contributed by atoms with van der Waals surface area (Å²) < 4.78 is 29.3. The Kier molecular flexibility index (Phi) is 4.29. The fourth-order valence-electron chi connectivity index (χ4n) is 1.57. The third kappa shape index (κ3) is 3.59. The summed E-state index contributed by atoms with van der Waals surface area (Å²) in [5, 5.41) is 0.982. The van der Waals surface area contributed by atoms with E-state index in [1.165, 1.54) is 18.3 Å². The molecule has 1 aliphatic carbocycles. The van der Waals surface area contributed by atoms with Crippen molar-refractivity contribution in [3.63, 3.8) is 0 Å². The van der Waals surface area contributed by atoms with Crippen LogP contribution in [0.5, 0.6) is 0 Å². The Morgan fingerprint density at radius 1 is 1.47 bits per heavy atom. The first-order chi connectivity index (χ1) is 8.99. The predicted octanol–water partition coefficient (Wildman–Crippen LogP) is 4.05. The quantitative estimate of drug-likeness (QED) is 0.767. The first kappa shape index (κ1) is 14.1. The lowest BCUT2D eigenvalue weighted by molar-refractivity contribution is 0.0512. The molecule has 2 rings (SSSR count). The van der Waals surface area contributed by atoms with Crippen LogP contribution in [-0.2, 0) is 4.74 Å². The number of aryl methyl sites for hydroxylation is 1. The number of thiazole rings is 1. The second kappa shape index (κ2) is 5.77. The fraction of sp³-hybridized carbons (Fsp3) is 0.538. The van der Waals surface area contributed by atoms with Crippen LogP contribution in [0, 0.1) is 6.92 Å². The van der Waals surface area contributed by atoms with Crippen molar-refractivity contribution in [1.82, 2.24) is 4.98 Å². The van der Waals surface area contributed by atoms with E-state index in [2.05, 4.69) is 4.98 Å². The Bertz CT molecular complexity index is 517. The molecule has 0 bridgehead atoms. The van der Waals surface area contributed by atoms with E-state index in [1.54, 1.807) is 6.92 Å². The lowest BCUT2D eigenvalue weighted by Crippen LogP contribution is -2.06. The van der Waals surface area contributed by atoms with Crippen molar-refractivity contribution in [1.29, 1.82) is 0 Å². The van der Waals surface area contributed by atoms with Crippen molar-refractivity contribution in [3.8, 4) is 0 Å². The van der Waals surface area contributed by atoms with E-state index in [4.69, 9.17) is 4.74 Å². The summed E-state index contributed by atoms with van der Waals surface area (Å²) >= 11 is 1.36. The lowest BCUT2D eigenvalue weighted by atomic mass is 10.2. The van der Waals surface area contributed by atoms with E-state index < -0.39 is 12.0 Å². The topological polar surface area (TPSA) is 39.2 Å². The molecule has 0 radical (unpaired) electrons. The van der Waals surface area contributed by atoms with Gasteiger partial charge in [0.15, 0.2) is 0 Å². The molecule has 0 aliphatic heterocycles. The van der Waals surface area contributed by atoms with Crippen LogP contribution >= 0.6 is 11.3 Å². The molecule has 1 aromatic rings.